The van der Waals surface area contributed by atoms with Crippen LogP contribution in [0.5, 0.6) is 0 Å². The monoisotopic (exact) mass is 338 g/mol. The van der Waals surface area contributed by atoms with Crippen molar-refractivity contribution in [3.63, 3.8) is 0 Å². The molecular formula is C16H13Cl3N2. The molecule has 0 radical (unpaired) electrons. The van der Waals surface area contributed by atoms with Crippen molar-refractivity contribution in [1.82, 2.24) is 9.55 Å². The summed E-state index contributed by atoms with van der Waals surface area (Å²) in [6.45, 7) is 2.02. The minimum atomic E-state index is 0.491. The van der Waals surface area contributed by atoms with E-state index in [0.29, 0.717) is 22.3 Å². The summed E-state index contributed by atoms with van der Waals surface area (Å²) in [5.74, 6) is 1.36. The molecule has 0 atom stereocenters. The molecule has 0 unspecified atom stereocenters. The van der Waals surface area contributed by atoms with Crippen LogP contribution in [0.1, 0.15) is 11.4 Å². The molecule has 1 heterocycles. The molecule has 3 rings (SSSR count). The zero-order chi connectivity index (χ0) is 15.0. The van der Waals surface area contributed by atoms with Gasteiger partial charge in [0, 0.05) is 12.3 Å². The minimum Gasteiger partial charge on any atom is -0.293 e. The SMILES string of the molecule is Cc1cccc(Cl)c1-n1c(CCCl)nc2cccc(Cl)c21. The van der Waals surface area contributed by atoms with Crippen molar-refractivity contribution in [1.29, 1.82) is 0 Å². The molecule has 0 saturated heterocycles. The molecular weight excluding hydrogens is 327 g/mol. The highest BCUT2D eigenvalue weighted by atomic mass is 35.5. The average molecular weight is 340 g/mol. The summed E-state index contributed by atoms with van der Waals surface area (Å²) < 4.78 is 2.03. The highest BCUT2D eigenvalue weighted by molar-refractivity contribution is 6.35. The van der Waals surface area contributed by atoms with Gasteiger partial charge in [-0.3, -0.25) is 4.57 Å². The summed E-state index contributed by atoms with van der Waals surface area (Å²) in [7, 11) is 0. The number of halogens is 3. The third kappa shape index (κ3) is 2.52. The second-order valence-electron chi connectivity index (χ2n) is 4.82. The van der Waals surface area contributed by atoms with E-state index in [4.69, 9.17) is 34.8 Å². The number of fused-ring (bicyclic) bond motifs is 1. The van der Waals surface area contributed by atoms with Crippen molar-refractivity contribution in [2.24, 2.45) is 0 Å². The Morgan fingerprint density at radius 1 is 1.05 bits per heavy atom. The lowest BCUT2D eigenvalue weighted by atomic mass is 10.2. The van der Waals surface area contributed by atoms with Gasteiger partial charge in [-0.05, 0) is 30.7 Å². The van der Waals surface area contributed by atoms with Gasteiger partial charge in [0.25, 0.3) is 0 Å². The Kier molecular flexibility index (Phi) is 4.12. The largest absolute Gasteiger partial charge is 0.293 e. The molecule has 21 heavy (non-hydrogen) atoms. The van der Waals surface area contributed by atoms with Crippen molar-refractivity contribution < 1.29 is 0 Å². The fourth-order valence-corrected chi connectivity index (χ4v) is 3.26. The third-order valence-electron chi connectivity index (χ3n) is 3.43. The van der Waals surface area contributed by atoms with Crippen LogP contribution >= 0.6 is 34.8 Å². The van der Waals surface area contributed by atoms with Crippen molar-refractivity contribution in [2.45, 2.75) is 13.3 Å². The Labute approximate surface area is 138 Å². The molecule has 0 aliphatic heterocycles. The van der Waals surface area contributed by atoms with E-state index in [1.165, 1.54) is 0 Å². The van der Waals surface area contributed by atoms with Crippen molar-refractivity contribution in [3.05, 3.63) is 57.8 Å². The molecule has 0 amide bonds. The summed E-state index contributed by atoms with van der Waals surface area (Å²) in [5, 5.41) is 1.32. The van der Waals surface area contributed by atoms with E-state index < -0.39 is 0 Å². The Bertz CT molecular complexity index is 788. The molecule has 0 fully saturated rings. The zero-order valence-corrected chi connectivity index (χ0v) is 13.7. The van der Waals surface area contributed by atoms with E-state index >= 15 is 0 Å². The molecule has 1 aromatic heterocycles. The maximum absolute atomic E-state index is 6.42. The summed E-state index contributed by atoms with van der Waals surface area (Å²) in [5.41, 5.74) is 3.70. The fraction of sp³-hybridized carbons (Fsp3) is 0.188. The number of hydrogen-bond donors (Lipinski definition) is 0. The molecule has 2 nitrogen and oxygen atoms in total. The lowest BCUT2D eigenvalue weighted by Gasteiger charge is -2.14. The van der Waals surface area contributed by atoms with Gasteiger partial charge in [-0.1, -0.05) is 41.4 Å². The van der Waals surface area contributed by atoms with E-state index in [0.717, 1.165) is 28.1 Å². The van der Waals surface area contributed by atoms with Crippen molar-refractivity contribution in [3.8, 4) is 5.69 Å². The minimum absolute atomic E-state index is 0.491. The smallest absolute Gasteiger partial charge is 0.115 e. The maximum atomic E-state index is 6.42. The Hall–Kier alpha value is -1.22. The average Bonchev–Trinajstić information content (AvgIpc) is 2.79. The number of para-hydroxylation sites is 2. The molecule has 0 bridgehead atoms. The van der Waals surface area contributed by atoms with E-state index in [9.17, 15) is 0 Å². The molecule has 3 aromatic rings. The van der Waals surface area contributed by atoms with Crippen LogP contribution in [0.4, 0.5) is 0 Å². The number of nitrogens with zero attached hydrogens (tertiary/aromatic N) is 2. The van der Waals surface area contributed by atoms with Crippen LogP contribution in [-0.4, -0.2) is 15.4 Å². The number of benzene rings is 2. The van der Waals surface area contributed by atoms with E-state index in [1.54, 1.807) is 0 Å². The molecule has 0 spiro atoms. The Morgan fingerprint density at radius 3 is 2.48 bits per heavy atom. The standard InChI is InChI=1S/C16H13Cl3N2/c1-10-4-2-5-11(18)15(10)21-14(8-9-17)20-13-7-3-6-12(19)16(13)21/h2-7H,8-9H2,1H3. The molecule has 0 aliphatic rings. The number of alkyl halides is 1. The van der Waals surface area contributed by atoms with E-state index in [2.05, 4.69) is 4.98 Å². The maximum Gasteiger partial charge on any atom is 0.115 e. The van der Waals surface area contributed by atoms with Gasteiger partial charge >= 0.3 is 0 Å². The van der Waals surface area contributed by atoms with Crippen LogP contribution in [0.15, 0.2) is 36.4 Å². The van der Waals surface area contributed by atoms with Gasteiger partial charge in [0.1, 0.15) is 5.82 Å². The summed E-state index contributed by atoms with van der Waals surface area (Å²) in [6, 6.07) is 11.5. The number of hydrogen-bond acceptors (Lipinski definition) is 1. The number of rotatable bonds is 3. The topological polar surface area (TPSA) is 17.8 Å². The molecule has 108 valence electrons. The third-order valence-corrected chi connectivity index (χ3v) is 4.23. The van der Waals surface area contributed by atoms with Gasteiger partial charge in [-0.15, -0.1) is 11.6 Å². The van der Waals surface area contributed by atoms with Gasteiger partial charge in [0.15, 0.2) is 0 Å². The van der Waals surface area contributed by atoms with Gasteiger partial charge < -0.3 is 0 Å². The van der Waals surface area contributed by atoms with E-state index in [1.807, 2.05) is 47.9 Å². The first kappa shape index (κ1) is 14.7. The van der Waals surface area contributed by atoms with Gasteiger partial charge in [0.05, 0.1) is 26.8 Å². The summed E-state index contributed by atoms with van der Waals surface area (Å²) >= 11 is 18.7. The molecule has 0 N–H and O–H groups in total. The van der Waals surface area contributed by atoms with Gasteiger partial charge in [0.2, 0.25) is 0 Å². The highest BCUT2D eigenvalue weighted by Crippen LogP contribution is 2.33. The summed E-state index contributed by atoms with van der Waals surface area (Å²) in [4.78, 5) is 4.66. The number of imidazole rings is 1. The predicted molar refractivity (Wildman–Crippen MR) is 90.3 cm³/mol. The second kappa shape index (κ2) is 5.88. The highest BCUT2D eigenvalue weighted by Gasteiger charge is 2.17. The predicted octanol–water partition coefficient (Wildman–Crippen LogP) is 5.42. The van der Waals surface area contributed by atoms with Gasteiger partial charge in [-0.2, -0.15) is 0 Å². The van der Waals surface area contributed by atoms with Crippen LogP contribution in [0, 0.1) is 6.92 Å². The lowest BCUT2D eigenvalue weighted by molar-refractivity contribution is 0.907. The first-order chi connectivity index (χ1) is 10.1. The summed E-state index contributed by atoms with van der Waals surface area (Å²) in [6.07, 6.45) is 0.650. The Morgan fingerprint density at radius 2 is 1.76 bits per heavy atom. The van der Waals surface area contributed by atoms with Gasteiger partial charge in [-0.25, -0.2) is 4.98 Å². The second-order valence-corrected chi connectivity index (χ2v) is 6.01. The van der Waals surface area contributed by atoms with Crippen LogP contribution in [0.2, 0.25) is 10.0 Å². The molecule has 2 aromatic carbocycles. The molecule has 0 aliphatic carbocycles. The van der Waals surface area contributed by atoms with Crippen LogP contribution in [0.3, 0.4) is 0 Å². The lowest BCUT2D eigenvalue weighted by Crippen LogP contribution is -2.05. The van der Waals surface area contributed by atoms with Crippen LogP contribution in [0.25, 0.3) is 16.7 Å². The quantitative estimate of drug-likeness (QED) is 0.582. The molecule has 5 heteroatoms. The van der Waals surface area contributed by atoms with E-state index in [-0.39, 0.29) is 0 Å². The zero-order valence-electron chi connectivity index (χ0n) is 11.4. The van der Waals surface area contributed by atoms with Crippen LogP contribution in [-0.2, 0) is 6.42 Å². The van der Waals surface area contributed by atoms with Crippen LogP contribution < -0.4 is 0 Å². The Balaban J connectivity index is 2.42. The van der Waals surface area contributed by atoms with Crippen molar-refractivity contribution in [2.75, 3.05) is 5.88 Å². The van der Waals surface area contributed by atoms with Crippen molar-refractivity contribution >= 4 is 45.8 Å². The first-order valence-electron chi connectivity index (χ1n) is 6.60. The molecule has 0 saturated carbocycles. The normalized spacial score (nSPS) is 11.2. The fourth-order valence-electron chi connectivity index (χ4n) is 2.53. The number of aromatic nitrogens is 2. The number of aryl methyl sites for hydroxylation is 2. The first-order valence-corrected chi connectivity index (χ1v) is 7.90.